The third kappa shape index (κ3) is 3.72. The van der Waals surface area contributed by atoms with Crippen molar-refractivity contribution in [3.8, 4) is 11.6 Å². The van der Waals surface area contributed by atoms with Crippen LogP contribution < -0.4 is 5.32 Å². The van der Waals surface area contributed by atoms with Crippen molar-refractivity contribution in [3.05, 3.63) is 72.2 Å². The summed E-state index contributed by atoms with van der Waals surface area (Å²) < 4.78 is 9.14. The molecule has 0 spiro atoms. The van der Waals surface area contributed by atoms with Crippen molar-refractivity contribution in [2.75, 3.05) is 11.1 Å². The summed E-state index contributed by atoms with van der Waals surface area (Å²) in [4.78, 5) is 12.5. The first-order valence-corrected chi connectivity index (χ1v) is 9.73. The fourth-order valence-electron chi connectivity index (χ4n) is 2.77. The number of hydrogen-bond donors (Lipinski definition) is 1. The van der Waals surface area contributed by atoms with Crippen LogP contribution in [0.2, 0.25) is 0 Å². The number of thioether (sulfide) groups is 1. The molecule has 1 N–H and O–H groups in total. The smallest absolute Gasteiger partial charge is 0.234 e. The first kappa shape index (κ1) is 18.1. The molecule has 0 fully saturated rings. The first-order chi connectivity index (χ1) is 13.6. The molecule has 0 unspecified atom stereocenters. The van der Waals surface area contributed by atoms with E-state index >= 15 is 0 Å². The fraction of sp³-hybridized carbons (Fsp3) is 0.150. The molecule has 4 rings (SSSR count). The van der Waals surface area contributed by atoms with Crippen LogP contribution in [0, 0.1) is 13.8 Å². The van der Waals surface area contributed by atoms with E-state index in [9.17, 15) is 4.79 Å². The van der Waals surface area contributed by atoms with Gasteiger partial charge in [-0.05, 0) is 55.3 Å². The SMILES string of the molecule is Cc1ccc(C)c(NC(=O)CSc2nnc(-c3ccco3)n2-n2cccc2)c1. The van der Waals surface area contributed by atoms with Crippen LogP contribution >= 0.6 is 11.8 Å². The van der Waals surface area contributed by atoms with Crippen LogP contribution in [-0.4, -0.2) is 31.2 Å². The Morgan fingerprint density at radius 2 is 1.96 bits per heavy atom. The summed E-state index contributed by atoms with van der Waals surface area (Å²) >= 11 is 1.32. The van der Waals surface area contributed by atoms with Crippen molar-refractivity contribution in [1.82, 2.24) is 19.5 Å². The summed E-state index contributed by atoms with van der Waals surface area (Å²) in [5, 5.41) is 12.1. The highest BCUT2D eigenvalue weighted by molar-refractivity contribution is 7.99. The summed E-state index contributed by atoms with van der Waals surface area (Å²) in [6, 6.07) is 13.4. The van der Waals surface area contributed by atoms with Gasteiger partial charge in [0.2, 0.25) is 16.9 Å². The number of carbonyl (C=O) groups excluding carboxylic acids is 1. The maximum atomic E-state index is 12.5. The summed E-state index contributed by atoms with van der Waals surface area (Å²) in [6.45, 7) is 3.97. The predicted molar refractivity (Wildman–Crippen MR) is 108 cm³/mol. The van der Waals surface area contributed by atoms with E-state index in [-0.39, 0.29) is 11.7 Å². The zero-order valence-electron chi connectivity index (χ0n) is 15.5. The highest BCUT2D eigenvalue weighted by Crippen LogP contribution is 2.25. The van der Waals surface area contributed by atoms with Crippen molar-refractivity contribution < 1.29 is 9.21 Å². The Balaban J connectivity index is 1.54. The average Bonchev–Trinajstić information content (AvgIpc) is 3.43. The van der Waals surface area contributed by atoms with E-state index in [1.165, 1.54) is 11.8 Å². The topological polar surface area (TPSA) is 77.9 Å². The van der Waals surface area contributed by atoms with E-state index in [4.69, 9.17) is 4.42 Å². The molecule has 1 aromatic carbocycles. The standard InChI is InChI=1S/C20H19N5O2S/c1-14-7-8-15(2)16(12-14)21-18(26)13-28-20-23-22-19(17-6-5-11-27-17)25(20)24-9-3-4-10-24/h3-12H,13H2,1-2H3,(H,21,26). The number of aromatic nitrogens is 4. The Hall–Kier alpha value is -3.26. The van der Waals surface area contributed by atoms with Gasteiger partial charge in [0.15, 0.2) is 5.76 Å². The second kappa shape index (κ2) is 7.77. The molecule has 0 radical (unpaired) electrons. The molecule has 28 heavy (non-hydrogen) atoms. The van der Waals surface area contributed by atoms with Gasteiger partial charge in [0.1, 0.15) is 0 Å². The van der Waals surface area contributed by atoms with Crippen molar-refractivity contribution in [3.63, 3.8) is 0 Å². The number of rotatable bonds is 6. The van der Waals surface area contributed by atoms with Crippen LogP contribution in [0.15, 0.2) is 70.7 Å². The number of benzene rings is 1. The molecular weight excluding hydrogens is 374 g/mol. The number of nitrogens with zero attached hydrogens (tertiary/aromatic N) is 4. The molecule has 0 aliphatic heterocycles. The Morgan fingerprint density at radius 1 is 1.14 bits per heavy atom. The average molecular weight is 393 g/mol. The van der Waals surface area contributed by atoms with Crippen LogP contribution in [0.25, 0.3) is 11.6 Å². The van der Waals surface area contributed by atoms with Gasteiger partial charge < -0.3 is 9.73 Å². The van der Waals surface area contributed by atoms with Crippen molar-refractivity contribution >= 4 is 23.4 Å². The van der Waals surface area contributed by atoms with Crippen molar-refractivity contribution in [2.24, 2.45) is 0 Å². The zero-order valence-corrected chi connectivity index (χ0v) is 16.3. The lowest BCUT2D eigenvalue weighted by Gasteiger charge is -2.11. The molecule has 3 aromatic heterocycles. The molecule has 3 heterocycles. The van der Waals surface area contributed by atoms with Crippen molar-refractivity contribution in [2.45, 2.75) is 19.0 Å². The fourth-order valence-corrected chi connectivity index (χ4v) is 3.50. The summed E-state index contributed by atoms with van der Waals surface area (Å²) in [6.07, 6.45) is 5.36. The van der Waals surface area contributed by atoms with Gasteiger partial charge in [-0.15, -0.1) is 10.2 Å². The molecule has 7 nitrogen and oxygen atoms in total. The van der Waals surface area contributed by atoms with Crippen LogP contribution in [-0.2, 0) is 4.79 Å². The summed E-state index contributed by atoms with van der Waals surface area (Å²) in [5.41, 5.74) is 2.96. The van der Waals surface area contributed by atoms with Gasteiger partial charge in [-0.1, -0.05) is 23.9 Å². The monoisotopic (exact) mass is 393 g/mol. The van der Waals surface area contributed by atoms with E-state index in [0.29, 0.717) is 16.7 Å². The largest absolute Gasteiger partial charge is 0.461 e. The first-order valence-electron chi connectivity index (χ1n) is 8.74. The highest BCUT2D eigenvalue weighted by Gasteiger charge is 2.18. The number of carbonyl (C=O) groups is 1. The summed E-state index contributed by atoms with van der Waals surface area (Å²) in [5.74, 6) is 1.29. The minimum atomic E-state index is -0.0969. The minimum Gasteiger partial charge on any atom is -0.461 e. The van der Waals surface area contributed by atoms with E-state index in [1.807, 2.05) is 72.0 Å². The maximum absolute atomic E-state index is 12.5. The second-order valence-corrected chi connectivity index (χ2v) is 7.26. The molecular formula is C20H19N5O2S. The number of nitrogens with one attached hydrogen (secondary N) is 1. The van der Waals surface area contributed by atoms with E-state index in [2.05, 4.69) is 15.5 Å². The predicted octanol–water partition coefficient (Wildman–Crippen LogP) is 4.00. The number of aryl methyl sites for hydroxylation is 2. The lowest BCUT2D eigenvalue weighted by Crippen LogP contribution is -2.16. The lowest BCUT2D eigenvalue weighted by atomic mass is 10.1. The van der Waals surface area contributed by atoms with Gasteiger partial charge >= 0.3 is 0 Å². The van der Waals surface area contributed by atoms with Crippen molar-refractivity contribution in [1.29, 1.82) is 0 Å². The van der Waals surface area contributed by atoms with Gasteiger partial charge in [-0.2, -0.15) is 0 Å². The summed E-state index contributed by atoms with van der Waals surface area (Å²) in [7, 11) is 0. The van der Waals surface area contributed by atoms with Gasteiger partial charge in [0.05, 0.1) is 12.0 Å². The Morgan fingerprint density at radius 3 is 2.71 bits per heavy atom. The Labute approximate surface area is 166 Å². The molecule has 0 aliphatic carbocycles. The number of furan rings is 1. The highest BCUT2D eigenvalue weighted by atomic mass is 32.2. The molecule has 0 saturated carbocycles. The van der Waals surface area contributed by atoms with E-state index in [0.717, 1.165) is 16.8 Å². The zero-order chi connectivity index (χ0) is 19.5. The minimum absolute atomic E-state index is 0.0969. The number of anilines is 1. The van der Waals surface area contributed by atoms with E-state index in [1.54, 1.807) is 12.3 Å². The Bertz CT molecular complexity index is 1080. The molecule has 142 valence electrons. The van der Waals surface area contributed by atoms with Crippen LogP contribution in [0.5, 0.6) is 0 Å². The van der Waals surface area contributed by atoms with Gasteiger partial charge in [-0.3, -0.25) is 9.47 Å². The van der Waals surface area contributed by atoms with E-state index < -0.39 is 0 Å². The molecule has 4 aromatic rings. The van der Waals surface area contributed by atoms with Crippen LogP contribution in [0.1, 0.15) is 11.1 Å². The Kier molecular flexibility index (Phi) is 5.03. The third-order valence-corrected chi connectivity index (χ3v) is 5.09. The molecule has 0 aliphatic rings. The quantitative estimate of drug-likeness (QED) is 0.501. The lowest BCUT2D eigenvalue weighted by molar-refractivity contribution is -0.113. The van der Waals surface area contributed by atoms with Gasteiger partial charge in [0.25, 0.3) is 0 Å². The molecule has 8 heteroatoms. The molecule has 1 amide bonds. The van der Waals surface area contributed by atoms with Crippen LogP contribution in [0.4, 0.5) is 5.69 Å². The third-order valence-electron chi connectivity index (χ3n) is 4.17. The second-order valence-electron chi connectivity index (χ2n) is 6.31. The number of amides is 1. The number of hydrogen-bond acceptors (Lipinski definition) is 5. The molecule has 0 bridgehead atoms. The molecule has 0 saturated heterocycles. The normalized spacial score (nSPS) is 10.9. The molecule has 0 atom stereocenters. The van der Waals surface area contributed by atoms with Crippen LogP contribution in [0.3, 0.4) is 0 Å². The maximum Gasteiger partial charge on any atom is 0.234 e. The van der Waals surface area contributed by atoms with Gasteiger partial charge in [0, 0.05) is 18.1 Å². The van der Waals surface area contributed by atoms with Gasteiger partial charge in [-0.25, -0.2) is 4.68 Å².